The number of nitrogens with one attached hydrogen (secondary N) is 1. The van der Waals surface area contributed by atoms with E-state index >= 15 is 0 Å². The highest BCUT2D eigenvalue weighted by Crippen LogP contribution is 2.19. The maximum atomic E-state index is 11.5. The maximum absolute atomic E-state index is 11.5. The molecule has 0 radical (unpaired) electrons. The number of hydrogen-bond acceptors (Lipinski definition) is 3. The molecule has 5 nitrogen and oxygen atoms in total. The lowest BCUT2D eigenvalue weighted by Gasteiger charge is -2.33. The van der Waals surface area contributed by atoms with E-state index < -0.39 is 9.84 Å². The van der Waals surface area contributed by atoms with E-state index in [0.29, 0.717) is 30.5 Å². The van der Waals surface area contributed by atoms with E-state index in [1.807, 2.05) is 6.08 Å². The smallest absolute Gasteiger partial charge is 0.194 e. The van der Waals surface area contributed by atoms with Crippen LogP contribution in [0.4, 0.5) is 0 Å². The molecule has 0 aromatic carbocycles. The second kappa shape index (κ2) is 9.10. The van der Waals surface area contributed by atoms with Crippen molar-refractivity contribution < 1.29 is 8.42 Å². The fourth-order valence-corrected chi connectivity index (χ4v) is 4.89. The minimum absolute atomic E-state index is 0. The van der Waals surface area contributed by atoms with Crippen LogP contribution in [-0.4, -0.2) is 57.0 Å². The summed E-state index contributed by atoms with van der Waals surface area (Å²) in [5.74, 6) is 2.38. The molecule has 1 N–H and O–H groups in total. The molecule has 22 heavy (non-hydrogen) atoms. The van der Waals surface area contributed by atoms with E-state index in [2.05, 4.69) is 28.7 Å². The molecule has 0 aliphatic carbocycles. The van der Waals surface area contributed by atoms with Gasteiger partial charge in [-0.05, 0) is 31.1 Å². The van der Waals surface area contributed by atoms with Crippen LogP contribution in [0.5, 0.6) is 0 Å². The van der Waals surface area contributed by atoms with Crippen LogP contribution in [0.1, 0.15) is 26.2 Å². The number of nitrogens with zero attached hydrogens (tertiary/aromatic N) is 2. The molecule has 0 spiro atoms. The zero-order valence-electron chi connectivity index (χ0n) is 13.3. The largest absolute Gasteiger partial charge is 0.353 e. The van der Waals surface area contributed by atoms with E-state index in [1.165, 1.54) is 12.8 Å². The van der Waals surface area contributed by atoms with Crippen molar-refractivity contribution in [2.75, 3.05) is 37.7 Å². The van der Waals surface area contributed by atoms with Crippen LogP contribution in [0, 0.1) is 11.8 Å². The van der Waals surface area contributed by atoms with Crippen molar-refractivity contribution in [2.45, 2.75) is 26.2 Å². The molecule has 2 fully saturated rings. The molecule has 0 bridgehead atoms. The molecule has 2 unspecified atom stereocenters. The van der Waals surface area contributed by atoms with Gasteiger partial charge in [-0.3, -0.25) is 4.99 Å². The van der Waals surface area contributed by atoms with E-state index in [9.17, 15) is 8.42 Å². The van der Waals surface area contributed by atoms with Gasteiger partial charge in [-0.25, -0.2) is 8.42 Å². The average Bonchev–Trinajstić information content (AvgIpc) is 2.78. The molecule has 7 heteroatoms. The molecule has 0 saturated carbocycles. The van der Waals surface area contributed by atoms with Crippen LogP contribution in [0.3, 0.4) is 0 Å². The highest BCUT2D eigenvalue weighted by molar-refractivity contribution is 14.0. The van der Waals surface area contributed by atoms with Crippen LogP contribution in [0.15, 0.2) is 17.6 Å². The minimum Gasteiger partial charge on any atom is -0.353 e. The van der Waals surface area contributed by atoms with Crippen molar-refractivity contribution in [1.82, 2.24) is 10.2 Å². The summed E-state index contributed by atoms with van der Waals surface area (Å²) in [6, 6.07) is 0. The van der Waals surface area contributed by atoms with Gasteiger partial charge in [0.15, 0.2) is 15.8 Å². The third-order valence-electron chi connectivity index (χ3n) is 4.19. The second-order valence-electron chi connectivity index (χ2n) is 6.30. The Balaban J connectivity index is 0.00000242. The summed E-state index contributed by atoms with van der Waals surface area (Å²) < 4.78 is 23.0. The number of aliphatic imine (C=N–C) groups is 1. The summed E-state index contributed by atoms with van der Waals surface area (Å²) in [5, 5.41) is 3.31. The third kappa shape index (κ3) is 6.06. The van der Waals surface area contributed by atoms with Crippen molar-refractivity contribution >= 4 is 39.8 Å². The van der Waals surface area contributed by atoms with Crippen LogP contribution < -0.4 is 5.32 Å². The van der Waals surface area contributed by atoms with Crippen molar-refractivity contribution in [3.63, 3.8) is 0 Å². The van der Waals surface area contributed by atoms with Crippen LogP contribution >= 0.6 is 24.0 Å². The summed E-state index contributed by atoms with van der Waals surface area (Å²) in [7, 11) is -2.81. The van der Waals surface area contributed by atoms with Gasteiger partial charge in [0.05, 0.1) is 11.5 Å². The monoisotopic (exact) mass is 441 g/mol. The average molecular weight is 441 g/mol. The molecule has 2 atom stereocenters. The molecule has 2 aliphatic rings. The second-order valence-corrected chi connectivity index (χ2v) is 8.53. The predicted octanol–water partition coefficient (Wildman–Crippen LogP) is 1.90. The van der Waals surface area contributed by atoms with Gasteiger partial charge >= 0.3 is 0 Å². The predicted molar refractivity (Wildman–Crippen MR) is 103 cm³/mol. The number of piperidine rings is 1. The Bertz CT molecular complexity index is 493. The number of guanidine groups is 1. The summed E-state index contributed by atoms with van der Waals surface area (Å²) in [6.45, 7) is 9.33. The fourth-order valence-electron chi connectivity index (χ4n) is 3.04. The highest BCUT2D eigenvalue weighted by Gasteiger charge is 2.28. The quantitative estimate of drug-likeness (QED) is 0.313. The standard InChI is InChI=1S/C15H27N3O2S.HI/c1-3-7-16-15(18-8-4-5-13(2)11-18)17-10-14-6-9-21(19,20)12-14;/h3,13-14H,1,4-12H2,2H3,(H,16,17);1H. The van der Waals surface area contributed by atoms with Gasteiger partial charge in [-0.15, -0.1) is 30.6 Å². The van der Waals surface area contributed by atoms with E-state index in [1.54, 1.807) is 0 Å². The molecule has 2 heterocycles. The van der Waals surface area contributed by atoms with Gasteiger partial charge in [0.1, 0.15) is 0 Å². The van der Waals surface area contributed by atoms with Gasteiger partial charge in [-0.1, -0.05) is 13.0 Å². The summed E-state index contributed by atoms with van der Waals surface area (Å²) in [5.41, 5.74) is 0. The van der Waals surface area contributed by atoms with Gasteiger partial charge < -0.3 is 10.2 Å². The summed E-state index contributed by atoms with van der Waals surface area (Å²) in [6.07, 6.45) is 5.03. The number of likely N-dealkylation sites (tertiary alicyclic amines) is 1. The molecule has 2 saturated heterocycles. The molecular formula is C15H28IN3O2S. The topological polar surface area (TPSA) is 61.8 Å². The Morgan fingerprint density at radius 3 is 2.82 bits per heavy atom. The Labute approximate surface area is 151 Å². The summed E-state index contributed by atoms with van der Waals surface area (Å²) in [4.78, 5) is 6.98. The Hall–Kier alpha value is -0.310. The SMILES string of the molecule is C=CCNC(=NCC1CCS(=O)(=O)C1)N1CCCC(C)C1.I. The Kier molecular flexibility index (Phi) is 8.16. The van der Waals surface area contributed by atoms with Crippen molar-refractivity contribution in [1.29, 1.82) is 0 Å². The first kappa shape index (κ1) is 19.7. The van der Waals surface area contributed by atoms with E-state index in [4.69, 9.17) is 0 Å². The van der Waals surface area contributed by atoms with Crippen molar-refractivity contribution in [3.05, 3.63) is 12.7 Å². The summed E-state index contributed by atoms with van der Waals surface area (Å²) >= 11 is 0. The Morgan fingerprint density at radius 2 is 2.23 bits per heavy atom. The van der Waals surface area contributed by atoms with Crippen LogP contribution in [0.25, 0.3) is 0 Å². The normalized spacial score (nSPS) is 28.0. The lowest BCUT2D eigenvalue weighted by atomic mass is 10.0. The number of rotatable bonds is 4. The molecule has 0 aromatic heterocycles. The van der Waals surface area contributed by atoms with Gasteiger partial charge in [0, 0.05) is 26.2 Å². The zero-order valence-corrected chi connectivity index (χ0v) is 16.5. The molecule has 0 amide bonds. The molecule has 2 rings (SSSR count). The molecule has 128 valence electrons. The lowest BCUT2D eigenvalue weighted by Crippen LogP contribution is -2.46. The third-order valence-corrected chi connectivity index (χ3v) is 6.02. The Morgan fingerprint density at radius 1 is 1.45 bits per heavy atom. The number of hydrogen-bond donors (Lipinski definition) is 1. The number of sulfone groups is 1. The maximum Gasteiger partial charge on any atom is 0.194 e. The van der Waals surface area contributed by atoms with Gasteiger partial charge in [0.25, 0.3) is 0 Å². The van der Waals surface area contributed by atoms with E-state index in [-0.39, 0.29) is 29.9 Å². The molecule has 0 aromatic rings. The fraction of sp³-hybridized carbons (Fsp3) is 0.800. The minimum atomic E-state index is -2.81. The lowest BCUT2D eigenvalue weighted by molar-refractivity contribution is 0.266. The van der Waals surface area contributed by atoms with Crippen molar-refractivity contribution in [2.24, 2.45) is 16.8 Å². The van der Waals surface area contributed by atoms with Crippen molar-refractivity contribution in [3.8, 4) is 0 Å². The molecular weight excluding hydrogens is 413 g/mol. The first-order valence-corrected chi connectivity index (χ1v) is 9.67. The first-order chi connectivity index (χ1) is 10.00. The first-order valence-electron chi connectivity index (χ1n) is 7.85. The molecule has 2 aliphatic heterocycles. The van der Waals surface area contributed by atoms with E-state index in [0.717, 1.165) is 25.5 Å². The number of halogens is 1. The zero-order chi connectivity index (χ0) is 15.3. The van der Waals surface area contributed by atoms with Crippen LogP contribution in [-0.2, 0) is 9.84 Å². The van der Waals surface area contributed by atoms with Gasteiger partial charge in [-0.2, -0.15) is 0 Å². The van der Waals surface area contributed by atoms with Gasteiger partial charge in [0.2, 0.25) is 0 Å². The van der Waals surface area contributed by atoms with Crippen LogP contribution in [0.2, 0.25) is 0 Å². The highest BCUT2D eigenvalue weighted by atomic mass is 127.